The van der Waals surface area contributed by atoms with Crippen molar-refractivity contribution in [3.05, 3.63) is 72.2 Å². The Balaban J connectivity index is 1.92. The number of ether oxygens (including phenoxy) is 2. The van der Waals surface area contributed by atoms with Crippen molar-refractivity contribution in [3.8, 4) is 28.3 Å². The van der Waals surface area contributed by atoms with Crippen molar-refractivity contribution in [3.63, 3.8) is 0 Å². The maximum absolute atomic E-state index is 12.6. The number of carbonyl (C=O) groups excluding carboxylic acids is 2. The van der Waals surface area contributed by atoms with Gasteiger partial charge in [0, 0.05) is 11.1 Å². The van der Waals surface area contributed by atoms with Gasteiger partial charge >= 0.3 is 11.9 Å². The first-order valence-corrected chi connectivity index (χ1v) is 8.86. The van der Waals surface area contributed by atoms with Crippen molar-refractivity contribution >= 4 is 11.9 Å². The van der Waals surface area contributed by atoms with Crippen molar-refractivity contribution in [1.29, 1.82) is 0 Å². The van der Waals surface area contributed by atoms with E-state index in [0.717, 1.165) is 5.56 Å². The molecule has 2 aromatic carbocycles. The van der Waals surface area contributed by atoms with Gasteiger partial charge in [0.05, 0.1) is 19.9 Å². The number of esters is 2. The topological polar surface area (TPSA) is 109 Å². The Morgan fingerprint density at radius 2 is 1.57 bits per heavy atom. The van der Waals surface area contributed by atoms with Crippen LogP contribution in [0.15, 0.2) is 65.5 Å². The zero-order valence-corrected chi connectivity index (χ0v) is 16.1. The lowest BCUT2D eigenvalue weighted by Crippen LogP contribution is -2.15. The fraction of sp³-hybridized carbons (Fsp3) is 0.0952. The number of hydrogen-bond donors (Lipinski definition) is 0. The molecule has 4 rings (SSSR count). The predicted molar refractivity (Wildman–Crippen MR) is 105 cm³/mol. The van der Waals surface area contributed by atoms with Gasteiger partial charge in [0.2, 0.25) is 12.2 Å². The zero-order chi connectivity index (χ0) is 21.1. The number of benzene rings is 2. The van der Waals surface area contributed by atoms with Gasteiger partial charge in [-0.1, -0.05) is 47.6 Å². The van der Waals surface area contributed by atoms with Crippen LogP contribution in [0.3, 0.4) is 0 Å². The fourth-order valence-corrected chi connectivity index (χ4v) is 3.03. The minimum absolute atomic E-state index is 0.0144. The summed E-state index contributed by atoms with van der Waals surface area (Å²) < 4.78 is 16.0. The van der Waals surface area contributed by atoms with Gasteiger partial charge in [-0.3, -0.25) is 0 Å². The van der Waals surface area contributed by atoms with E-state index >= 15 is 0 Å². The molecule has 0 radical (unpaired) electrons. The van der Waals surface area contributed by atoms with E-state index in [4.69, 9.17) is 14.0 Å². The number of rotatable bonds is 5. The number of para-hydroxylation sites is 1. The quantitative estimate of drug-likeness (QED) is 0.467. The Kier molecular flexibility index (Phi) is 5.08. The highest BCUT2D eigenvalue weighted by atomic mass is 16.5. The van der Waals surface area contributed by atoms with Crippen LogP contribution in [0.4, 0.5) is 0 Å². The Hall–Kier alpha value is -4.27. The normalized spacial score (nSPS) is 10.6. The molecule has 0 aliphatic heterocycles. The molecule has 0 saturated carbocycles. The van der Waals surface area contributed by atoms with E-state index in [9.17, 15) is 9.59 Å². The summed E-state index contributed by atoms with van der Waals surface area (Å²) in [6.45, 7) is 0. The minimum Gasteiger partial charge on any atom is -0.465 e. The lowest BCUT2D eigenvalue weighted by Gasteiger charge is -2.07. The molecule has 0 saturated heterocycles. The standard InChI is InChI=1S/C21H16N4O5/c1-28-20(26)16-17(13-8-10-14(11-9-13)19-22-12-30-24-19)23-25(18(16)21(27)29-2)15-6-4-3-5-7-15/h3-12H,1-2H3. The van der Waals surface area contributed by atoms with Crippen LogP contribution >= 0.6 is 0 Å². The van der Waals surface area contributed by atoms with Crippen LogP contribution < -0.4 is 0 Å². The maximum Gasteiger partial charge on any atom is 0.357 e. The molecule has 0 atom stereocenters. The maximum atomic E-state index is 12.6. The third-order valence-electron chi connectivity index (χ3n) is 4.43. The largest absolute Gasteiger partial charge is 0.465 e. The van der Waals surface area contributed by atoms with Gasteiger partial charge in [-0.2, -0.15) is 10.1 Å². The van der Waals surface area contributed by atoms with Crippen molar-refractivity contribution in [1.82, 2.24) is 19.9 Å². The second-order valence-corrected chi connectivity index (χ2v) is 6.13. The van der Waals surface area contributed by atoms with Gasteiger partial charge in [-0.05, 0) is 12.1 Å². The molecule has 0 spiro atoms. The van der Waals surface area contributed by atoms with Crippen LogP contribution in [0.1, 0.15) is 20.8 Å². The molecule has 0 aliphatic rings. The van der Waals surface area contributed by atoms with Crippen LogP contribution in [0.2, 0.25) is 0 Å². The van der Waals surface area contributed by atoms with Gasteiger partial charge < -0.3 is 14.0 Å². The molecule has 2 heterocycles. The average Bonchev–Trinajstić information content (AvgIpc) is 3.47. The molecule has 0 fully saturated rings. The van der Waals surface area contributed by atoms with Crippen LogP contribution in [0.5, 0.6) is 0 Å². The molecule has 0 unspecified atom stereocenters. The molecule has 0 bridgehead atoms. The lowest BCUT2D eigenvalue weighted by molar-refractivity contribution is 0.0549. The average molecular weight is 404 g/mol. The molecule has 0 amide bonds. The third-order valence-corrected chi connectivity index (χ3v) is 4.43. The number of methoxy groups -OCH3 is 2. The second kappa shape index (κ2) is 8.00. The lowest BCUT2D eigenvalue weighted by atomic mass is 10.0. The first-order chi connectivity index (χ1) is 14.6. The summed E-state index contributed by atoms with van der Waals surface area (Å²) in [5.74, 6) is -0.976. The van der Waals surface area contributed by atoms with E-state index in [1.165, 1.54) is 25.3 Å². The summed E-state index contributed by atoms with van der Waals surface area (Å²) in [6.07, 6.45) is 1.24. The molecule has 9 heteroatoms. The van der Waals surface area contributed by atoms with Crippen molar-refractivity contribution in [2.24, 2.45) is 0 Å². The van der Waals surface area contributed by atoms with E-state index in [1.54, 1.807) is 48.5 Å². The van der Waals surface area contributed by atoms with E-state index in [2.05, 4.69) is 15.2 Å². The van der Waals surface area contributed by atoms with E-state index < -0.39 is 11.9 Å². The Morgan fingerprint density at radius 3 is 2.17 bits per heavy atom. The Bertz CT molecular complexity index is 1180. The smallest absolute Gasteiger partial charge is 0.357 e. The summed E-state index contributed by atoms with van der Waals surface area (Å²) in [5, 5.41) is 8.35. The third kappa shape index (κ3) is 3.32. The van der Waals surface area contributed by atoms with Crippen molar-refractivity contribution < 1.29 is 23.6 Å². The minimum atomic E-state index is -0.707. The molecular formula is C21H16N4O5. The van der Waals surface area contributed by atoms with E-state index in [0.29, 0.717) is 17.1 Å². The van der Waals surface area contributed by atoms with Crippen LogP contribution in [-0.4, -0.2) is 46.1 Å². The van der Waals surface area contributed by atoms with Gasteiger partial charge in [-0.15, -0.1) is 0 Å². The molecule has 0 N–H and O–H groups in total. The van der Waals surface area contributed by atoms with Gasteiger partial charge in [0.1, 0.15) is 11.3 Å². The molecular weight excluding hydrogens is 388 g/mol. The van der Waals surface area contributed by atoms with E-state index in [1.807, 2.05) is 6.07 Å². The summed E-state index contributed by atoms with van der Waals surface area (Å²) in [4.78, 5) is 29.2. The second-order valence-electron chi connectivity index (χ2n) is 6.13. The summed E-state index contributed by atoms with van der Waals surface area (Å²) in [7, 11) is 2.48. The number of nitrogens with zero attached hydrogens (tertiary/aromatic N) is 4. The summed E-state index contributed by atoms with van der Waals surface area (Å²) >= 11 is 0. The fourth-order valence-electron chi connectivity index (χ4n) is 3.03. The Morgan fingerprint density at radius 1 is 0.900 bits per heavy atom. The van der Waals surface area contributed by atoms with Gasteiger partial charge in [0.15, 0.2) is 5.69 Å². The molecule has 9 nitrogen and oxygen atoms in total. The highest BCUT2D eigenvalue weighted by Crippen LogP contribution is 2.30. The number of aromatic nitrogens is 4. The van der Waals surface area contributed by atoms with Crippen molar-refractivity contribution in [2.75, 3.05) is 14.2 Å². The number of carbonyl (C=O) groups is 2. The van der Waals surface area contributed by atoms with Crippen LogP contribution in [-0.2, 0) is 9.47 Å². The van der Waals surface area contributed by atoms with E-state index in [-0.39, 0.29) is 17.0 Å². The molecule has 2 aromatic heterocycles. The molecule has 4 aromatic rings. The summed E-state index contributed by atoms with van der Waals surface area (Å²) in [6, 6.07) is 16.0. The van der Waals surface area contributed by atoms with Crippen LogP contribution in [0, 0.1) is 0 Å². The highest BCUT2D eigenvalue weighted by molar-refractivity contribution is 6.06. The first kappa shape index (κ1) is 19.1. The zero-order valence-electron chi connectivity index (χ0n) is 16.1. The molecule has 150 valence electrons. The Labute approximate surface area is 170 Å². The number of hydrogen-bond acceptors (Lipinski definition) is 8. The predicted octanol–water partition coefficient (Wildman–Crippen LogP) is 3.16. The van der Waals surface area contributed by atoms with Crippen molar-refractivity contribution in [2.45, 2.75) is 0 Å². The summed E-state index contributed by atoms with van der Waals surface area (Å²) in [5.41, 5.74) is 2.20. The van der Waals surface area contributed by atoms with Gasteiger partial charge in [0.25, 0.3) is 0 Å². The SMILES string of the molecule is COC(=O)c1c(-c2ccc(-c3ncon3)cc2)nn(-c2ccccc2)c1C(=O)OC. The first-order valence-electron chi connectivity index (χ1n) is 8.86. The monoisotopic (exact) mass is 404 g/mol. The molecule has 0 aliphatic carbocycles. The van der Waals surface area contributed by atoms with Gasteiger partial charge in [-0.25, -0.2) is 14.3 Å². The highest BCUT2D eigenvalue weighted by Gasteiger charge is 2.31. The van der Waals surface area contributed by atoms with Crippen LogP contribution in [0.25, 0.3) is 28.3 Å². The molecule has 30 heavy (non-hydrogen) atoms.